The topological polar surface area (TPSA) is 82.6 Å². The summed E-state index contributed by atoms with van der Waals surface area (Å²) in [7, 11) is 0. The van der Waals surface area contributed by atoms with Gasteiger partial charge in [-0.2, -0.15) is 11.3 Å². The molecule has 1 N–H and O–H groups in total. The van der Waals surface area contributed by atoms with Gasteiger partial charge in [-0.05, 0) is 64.9 Å². The molecule has 4 heterocycles. The van der Waals surface area contributed by atoms with E-state index in [9.17, 15) is 14.4 Å². The van der Waals surface area contributed by atoms with Crippen molar-refractivity contribution in [3.8, 4) is 0 Å². The Balaban J connectivity index is 1.38. The number of carbonyl (C=O) groups excluding carboxylic acids is 3. The molecule has 1 aromatic carbocycles. The second-order valence-corrected chi connectivity index (χ2v) is 9.68. The number of imide groups is 1. The number of hydrogen-bond acceptors (Lipinski definition) is 5. The molecule has 5 rings (SSSR count). The van der Waals surface area contributed by atoms with Gasteiger partial charge in [0.2, 0.25) is 0 Å². The average molecular weight is 487 g/mol. The molecule has 0 aliphatic carbocycles. The van der Waals surface area contributed by atoms with Gasteiger partial charge in [-0.1, -0.05) is 30.9 Å². The van der Waals surface area contributed by atoms with Crippen LogP contribution in [0.25, 0.3) is 6.08 Å². The minimum absolute atomic E-state index is 0.0321. The number of nitrogens with one attached hydrogen (secondary N) is 1. The lowest BCUT2D eigenvalue weighted by molar-refractivity contribution is -0.134. The highest BCUT2D eigenvalue weighted by atomic mass is 32.1. The Bertz CT molecular complexity index is 1240. The largest absolute Gasteiger partial charge is 0.339 e. The molecular weight excluding hydrogens is 460 g/mol. The summed E-state index contributed by atoms with van der Waals surface area (Å²) in [6.07, 6.45) is 6.23. The van der Waals surface area contributed by atoms with E-state index in [0.29, 0.717) is 37.1 Å². The van der Waals surface area contributed by atoms with Gasteiger partial charge in [-0.3, -0.25) is 19.5 Å². The Morgan fingerprint density at radius 3 is 2.57 bits per heavy atom. The van der Waals surface area contributed by atoms with Gasteiger partial charge in [0.05, 0.1) is 6.54 Å². The van der Waals surface area contributed by atoms with Crippen molar-refractivity contribution in [2.45, 2.75) is 24.9 Å². The second-order valence-electron chi connectivity index (χ2n) is 8.90. The van der Waals surface area contributed by atoms with Gasteiger partial charge >= 0.3 is 6.03 Å². The molecule has 7 nitrogen and oxygen atoms in total. The standard InChI is InChI=1S/C27H26N4O3S/c1-2-19-5-7-21(8-6-19)24(32)30-13-9-22(10-14-30)27(23-4-3-12-28-16-23)25(33)31(26(34)29-27)17-20-11-15-35-18-20/h2-8,11-12,15-16,18,22H,1,9-10,13-14,17H2,(H,29,34)/t27-/m0/s1. The molecule has 0 unspecified atom stereocenters. The van der Waals surface area contributed by atoms with Crippen LogP contribution in [0.5, 0.6) is 0 Å². The third-order valence-corrected chi connectivity index (χ3v) is 7.69. The molecule has 35 heavy (non-hydrogen) atoms. The van der Waals surface area contributed by atoms with Crippen LogP contribution >= 0.6 is 11.3 Å². The molecule has 2 aliphatic rings. The third-order valence-electron chi connectivity index (χ3n) is 6.96. The third kappa shape index (κ3) is 4.14. The van der Waals surface area contributed by atoms with Crippen molar-refractivity contribution in [1.82, 2.24) is 20.1 Å². The van der Waals surface area contributed by atoms with Gasteiger partial charge in [-0.25, -0.2) is 4.79 Å². The van der Waals surface area contributed by atoms with E-state index < -0.39 is 11.6 Å². The molecule has 2 fully saturated rings. The highest BCUT2D eigenvalue weighted by Gasteiger charge is 2.57. The van der Waals surface area contributed by atoms with Crippen molar-refractivity contribution in [3.05, 3.63) is 94.5 Å². The highest BCUT2D eigenvalue weighted by Crippen LogP contribution is 2.41. The molecular formula is C27H26N4O3S. The van der Waals surface area contributed by atoms with E-state index in [1.54, 1.807) is 24.5 Å². The van der Waals surface area contributed by atoms with E-state index in [1.165, 1.54) is 16.2 Å². The summed E-state index contributed by atoms with van der Waals surface area (Å²) >= 11 is 1.53. The van der Waals surface area contributed by atoms with E-state index in [0.717, 1.165) is 11.1 Å². The molecule has 0 spiro atoms. The maximum absolute atomic E-state index is 13.9. The molecule has 4 amide bonds. The Morgan fingerprint density at radius 2 is 1.94 bits per heavy atom. The molecule has 0 radical (unpaired) electrons. The fourth-order valence-corrected chi connectivity index (χ4v) is 5.73. The lowest BCUT2D eigenvalue weighted by Gasteiger charge is -2.41. The van der Waals surface area contributed by atoms with Crippen molar-refractivity contribution in [3.63, 3.8) is 0 Å². The van der Waals surface area contributed by atoms with E-state index in [1.807, 2.05) is 52.1 Å². The van der Waals surface area contributed by atoms with Gasteiger partial charge in [-0.15, -0.1) is 0 Å². The van der Waals surface area contributed by atoms with Gasteiger partial charge in [0, 0.05) is 36.6 Å². The zero-order valence-electron chi connectivity index (χ0n) is 19.2. The molecule has 0 bridgehead atoms. The number of aromatic nitrogens is 1. The number of amides is 4. The van der Waals surface area contributed by atoms with Gasteiger partial charge in [0.15, 0.2) is 5.54 Å². The molecule has 2 aliphatic heterocycles. The highest BCUT2D eigenvalue weighted by molar-refractivity contribution is 7.07. The number of piperidine rings is 1. The first-order valence-corrected chi connectivity index (χ1v) is 12.5. The van der Waals surface area contributed by atoms with Crippen molar-refractivity contribution < 1.29 is 14.4 Å². The van der Waals surface area contributed by atoms with E-state index in [-0.39, 0.29) is 24.3 Å². The van der Waals surface area contributed by atoms with Crippen molar-refractivity contribution in [2.75, 3.05) is 13.1 Å². The van der Waals surface area contributed by atoms with Crippen LogP contribution in [0.3, 0.4) is 0 Å². The first kappa shape index (κ1) is 23.0. The lowest BCUT2D eigenvalue weighted by Crippen LogP contribution is -2.54. The van der Waals surface area contributed by atoms with Crippen LogP contribution < -0.4 is 5.32 Å². The van der Waals surface area contributed by atoms with Crippen LogP contribution in [0.1, 0.15) is 39.9 Å². The van der Waals surface area contributed by atoms with Gasteiger partial charge < -0.3 is 10.2 Å². The summed E-state index contributed by atoms with van der Waals surface area (Å²) in [4.78, 5) is 47.4. The normalized spacial score (nSPS) is 20.7. The van der Waals surface area contributed by atoms with Crippen LogP contribution in [0.2, 0.25) is 0 Å². The van der Waals surface area contributed by atoms with Crippen LogP contribution in [-0.2, 0) is 16.9 Å². The predicted molar refractivity (Wildman–Crippen MR) is 134 cm³/mol. The zero-order chi connectivity index (χ0) is 24.4. The molecule has 3 aromatic rings. The smallest absolute Gasteiger partial charge is 0.325 e. The Morgan fingerprint density at radius 1 is 1.17 bits per heavy atom. The molecule has 0 saturated carbocycles. The molecule has 2 saturated heterocycles. The van der Waals surface area contributed by atoms with E-state index in [4.69, 9.17) is 0 Å². The first-order chi connectivity index (χ1) is 17.0. The minimum atomic E-state index is -1.19. The number of urea groups is 1. The van der Waals surface area contributed by atoms with E-state index >= 15 is 0 Å². The fourth-order valence-electron chi connectivity index (χ4n) is 5.07. The SMILES string of the molecule is C=Cc1ccc(C(=O)N2CCC([C@@]3(c4cccnc4)NC(=O)N(Cc4ccsc4)C3=O)CC2)cc1. The summed E-state index contributed by atoms with van der Waals surface area (Å²) in [6, 6.07) is 12.5. The summed E-state index contributed by atoms with van der Waals surface area (Å²) in [6.45, 7) is 4.99. The fraction of sp³-hybridized carbons (Fsp3) is 0.259. The molecule has 8 heteroatoms. The van der Waals surface area contributed by atoms with E-state index in [2.05, 4.69) is 16.9 Å². The first-order valence-electron chi connectivity index (χ1n) is 11.6. The summed E-state index contributed by atoms with van der Waals surface area (Å²) in [5.41, 5.74) is 1.99. The number of benzene rings is 1. The number of thiophene rings is 1. The summed E-state index contributed by atoms with van der Waals surface area (Å²) in [5.74, 6) is -0.454. The minimum Gasteiger partial charge on any atom is -0.339 e. The summed E-state index contributed by atoms with van der Waals surface area (Å²) < 4.78 is 0. The monoisotopic (exact) mass is 486 g/mol. The number of likely N-dealkylation sites (tertiary alicyclic amines) is 1. The Kier molecular flexibility index (Phi) is 6.21. The van der Waals surface area contributed by atoms with Crippen LogP contribution in [0.4, 0.5) is 4.79 Å². The predicted octanol–water partition coefficient (Wildman–Crippen LogP) is 4.29. The van der Waals surface area contributed by atoms with Gasteiger partial charge in [0.1, 0.15) is 0 Å². The van der Waals surface area contributed by atoms with Crippen LogP contribution in [0, 0.1) is 5.92 Å². The number of hydrogen-bond donors (Lipinski definition) is 1. The number of rotatable bonds is 6. The van der Waals surface area contributed by atoms with Crippen LogP contribution in [-0.4, -0.2) is 45.7 Å². The van der Waals surface area contributed by atoms with Crippen molar-refractivity contribution >= 4 is 35.3 Å². The van der Waals surface area contributed by atoms with Gasteiger partial charge in [0.25, 0.3) is 11.8 Å². The quantitative estimate of drug-likeness (QED) is 0.527. The maximum Gasteiger partial charge on any atom is 0.325 e. The maximum atomic E-state index is 13.9. The Labute approximate surface area is 208 Å². The number of nitrogens with zero attached hydrogens (tertiary/aromatic N) is 3. The van der Waals surface area contributed by atoms with Crippen LogP contribution in [0.15, 0.2) is 72.2 Å². The molecule has 2 aromatic heterocycles. The molecule has 1 atom stereocenters. The number of carbonyl (C=O) groups is 3. The lowest BCUT2D eigenvalue weighted by atomic mass is 9.73. The van der Waals surface area contributed by atoms with Crippen molar-refractivity contribution in [1.29, 1.82) is 0 Å². The molecule has 178 valence electrons. The Hall–Kier alpha value is -3.78. The zero-order valence-corrected chi connectivity index (χ0v) is 20.0. The van der Waals surface area contributed by atoms with Crippen molar-refractivity contribution in [2.24, 2.45) is 5.92 Å². The summed E-state index contributed by atoms with van der Waals surface area (Å²) in [5, 5.41) is 6.91. The number of pyridine rings is 1. The second kappa shape index (κ2) is 9.46. The average Bonchev–Trinajstić information content (AvgIpc) is 3.52.